The second-order valence-electron chi connectivity index (χ2n) is 2.20. The first-order valence-electron chi connectivity index (χ1n) is 2.93. The molecule has 1 aromatic rings. The van der Waals surface area contributed by atoms with E-state index in [9.17, 15) is 4.39 Å². The Morgan fingerprint density at radius 2 is 1.90 bits per heavy atom. The van der Waals surface area contributed by atoms with Crippen molar-refractivity contribution in [1.82, 2.24) is 0 Å². The van der Waals surface area contributed by atoms with E-state index in [0.29, 0.717) is 5.56 Å². The number of nitrogen functional groups attached to an aromatic ring is 2. The summed E-state index contributed by atoms with van der Waals surface area (Å²) in [6, 6.07) is 3.19. The molecule has 0 aromatic heterocycles. The van der Waals surface area contributed by atoms with Crippen molar-refractivity contribution in [3.8, 4) is 0 Å². The van der Waals surface area contributed by atoms with Crippen molar-refractivity contribution in [3.63, 3.8) is 0 Å². The Kier molecular flexibility index (Phi) is 1.49. The molecule has 2 nitrogen and oxygen atoms in total. The smallest absolute Gasteiger partial charge is 0.169 e. The molecule has 0 heterocycles. The van der Waals surface area contributed by atoms with E-state index >= 15 is 0 Å². The van der Waals surface area contributed by atoms with Gasteiger partial charge in [-0.3, -0.25) is 0 Å². The Morgan fingerprint density at radius 1 is 1.30 bits per heavy atom. The second-order valence-corrected chi connectivity index (χ2v) is 2.20. The van der Waals surface area contributed by atoms with Gasteiger partial charge < -0.3 is 11.5 Å². The molecule has 0 atom stereocenters. The number of halogens is 1. The largest absolute Gasteiger partial charge is 0.396 e. The predicted molar refractivity (Wildman–Crippen MR) is 40.0 cm³/mol. The summed E-state index contributed by atoms with van der Waals surface area (Å²) in [5.74, 6) is -0.514. The fourth-order valence-corrected chi connectivity index (χ4v) is 0.706. The average molecular weight is 140 g/mol. The summed E-state index contributed by atoms with van der Waals surface area (Å²) >= 11 is 0. The molecule has 0 amide bonds. The Morgan fingerprint density at radius 3 is 2.40 bits per heavy atom. The van der Waals surface area contributed by atoms with Gasteiger partial charge in [0.15, 0.2) is 5.82 Å². The van der Waals surface area contributed by atoms with E-state index in [-0.39, 0.29) is 11.4 Å². The zero-order valence-electron chi connectivity index (χ0n) is 5.69. The summed E-state index contributed by atoms with van der Waals surface area (Å²) < 4.78 is 12.7. The average Bonchev–Trinajstić information content (AvgIpc) is 1.93. The third kappa shape index (κ3) is 0.900. The first-order chi connectivity index (χ1) is 4.63. The van der Waals surface area contributed by atoms with Crippen LogP contribution in [0.3, 0.4) is 0 Å². The first kappa shape index (κ1) is 6.86. The van der Waals surface area contributed by atoms with Crippen molar-refractivity contribution in [3.05, 3.63) is 23.5 Å². The van der Waals surface area contributed by atoms with E-state index in [0.717, 1.165) is 0 Å². The molecule has 3 heteroatoms. The van der Waals surface area contributed by atoms with Gasteiger partial charge in [-0.15, -0.1) is 0 Å². The maximum absolute atomic E-state index is 12.7. The highest BCUT2D eigenvalue weighted by Gasteiger charge is 2.03. The van der Waals surface area contributed by atoms with Crippen LogP contribution in [0.15, 0.2) is 12.1 Å². The molecule has 4 N–H and O–H groups in total. The van der Waals surface area contributed by atoms with Crippen molar-refractivity contribution in [2.24, 2.45) is 0 Å². The van der Waals surface area contributed by atoms with E-state index in [1.165, 1.54) is 6.07 Å². The summed E-state index contributed by atoms with van der Waals surface area (Å²) in [7, 11) is 0. The molecule has 0 aliphatic carbocycles. The van der Waals surface area contributed by atoms with Crippen LogP contribution in [-0.4, -0.2) is 0 Å². The molecule has 0 radical (unpaired) electrons. The highest BCUT2D eigenvalue weighted by molar-refractivity contribution is 5.57. The lowest BCUT2D eigenvalue weighted by molar-refractivity contribution is 0.636. The SMILES string of the molecule is Cc1ccc(N)c(F)c1N. The van der Waals surface area contributed by atoms with Gasteiger partial charge in [0, 0.05) is 0 Å². The third-order valence-electron chi connectivity index (χ3n) is 1.43. The summed E-state index contributed by atoms with van der Waals surface area (Å²) in [5.41, 5.74) is 11.5. The van der Waals surface area contributed by atoms with Crippen molar-refractivity contribution in [2.45, 2.75) is 6.92 Å². The molecule has 1 rings (SSSR count). The summed E-state index contributed by atoms with van der Waals surface area (Å²) in [6.45, 7) is 1.73. The molecule has 0 fully saturated rings. The van der Waals surface area contributed by atoms with E-state index < -0.39 is 5.82 Å². The highest BCUT2D eigenvalue weighted by Crippen LogP contribution is 2.20. The van der Waals surface area contributed by atoms with Crippen LogP contribution in [-0.2, 0) is 0 Å². The molecule has 10 heavy (non-hydrogen) atoms. The Balaban J connectivity index is 3.34. The molecule has 0 spiro atoms. The van der Waals surface area contributed by atoms with E-state index in [1.54, 1.807) is 13.0 Å². The van der Waals surface area contributed by atoms with Crippen molar-refractivity contribution in [1.29, 1.82) is 0 Å². The van der Waals surface area contributed by atoms with E-state index in [1.807, 2.05) is 0 Å². The lowest BCUT2D eigenvalue weighted by Gasteiger charge is -2.02. The number of benzene rings is 1. The van der Waals surface area contributed by atoms with E-state index in [2.05, 4.69) is 0 Å². The maximum Gasteiger partial charge on any atom is 0.169 e. The molecule has 1 aromatic carbocycles. The van der Waals surface area contributed by atoms with Crippen molar-refractivity contribution < 1.29 is 4.39 Å². The topological polar surface area (TPSA) is 52.0 Å². The summed E-state index contributed by atoms with van der Waals surface area (Å²) in [6.07, 6.45) is 0. The van der Waals surface area contributed by atoms with Gasteiger partial charge in [-0.1, -0.05) is 6.07 Å². The number of nitrogens with two attached hydrogens (primary N) is 2. The number of anilines is 2. The van der Waals surface area contributed by atoms with Crippen LogP contribution in [0.4, 0.5) is 15.8 Å². The molecular formula is C7H9FN2. The van der Waals surface area contributed by atoms with Crippen LogP contribution in [0.25, 0.3) is 0 Å². The summed E-state index contributed by atoms with van der Waals surface area (Å²) in [4.78, 5) is 0. The number of aryl methyl sites for hydroxylation is 1. The monoisotopic (exact) mass is 140 g/mol. The van der Waals surface area contributed by atoms with Crippen LogP contribution in [0.2, 0.25) is 0 Å². The van der Waals surface area contributed by atoms with Gasteiger partial charge in [-0.05, 0) is 18.6 Å². The molecule has 0 aliphatic heterocycles. The van der Waals surface area contributed by atoms with E-state index in [4.69, 9.17) is 11.5 Å². The number of rotatable bonds is 0. The fourth-order valence-electron chi connectivity index (χ4n) is 0.706. The van der Waals surface area contributed by atoms with Gasteiger partial charge in [0.2, 0.25) is 0 Å². The summed E-state index contributed by atoms with van der Waals surface area (Å²) in [5, 5.41) is 0. The molecule has 54 valence electrons. The second kappa shape index (κ2) is 2.17. The molecule has 0 bridgehead atoms. The standard InChI is InChI=1S/C7H9FN2/c1-4-2-3-5(9)6(8)7(4)10/h2-3H,9-10H2,1H3. The van der Waals surface area contributed by atoms with Crippen LogP contribution < -0.4 is 11.5 Å². The molecule has 0 aliphatic rings. The lowest BCUT2D eigenvalue weighted by atomic mass is 10.2. The molecule has 0 unspecified atom stereocenters. The van der Waals surface area contributed by atoms with Gasteiger partial charge in [-0.2, -0.15) is 0 Å². The fraction of sp³-hybridized carbons (Fsp3) is 0.143. The maximum atomic E-state index is 12.7. The normalized spacial score (nSPS) is 9.80. The van der Waals surface area contributed by atoms with Gasteiger partial charge in [0.1, 0.15) is 0 Å². The first-order valence-corrected chi connectivity index (χ1v) is 2.93. The van der Waals surface area contributed by atoms with Gasteiger partial charge in [0.05, 0.1) is 11.4 Å². The minimum atomic E-state index is -0.514. The van der Waals surface area contributed by atoms with Crippen molar-refractivity contribution in [2.75, 3.05) is 11.5 Å². The van der Waals surface area contributed by atoms with Crippen LogP contribution in [0.5, 0.6) is 0 Å². The zero-order chi connectivity index (χ0) is 7.72. The minimum Gasteiger partial charge on any atom is -0.396 e. The van der Waals surface area contributed by atoms with Gasteiger partial charge in [-0.25, -0.2) is 4.39 Å². The van der Waals surface area contributed by atoms with Crippen LogP contribution in [0.1, 0.15) is 5.56 Å². The number of hydrogen-bond donors (Lipinski definition) is 2. The molecule has 0 saturated heterocycles. The highest BCUT2D eigenvalue weighted by atomic mass is 19.1. The predicted octanol–water partition coefficient (Wildman–Crippen LogP) is 1.30. The quantitative estimate of drug-likeness (QED) is 0.533. The van der Waals surface area contributed by atoms with Crippen LogP contribution >= 0.6 is 0 Å². The third-order valence-corrected chi connectivity index (χ3v) is 1.43. The minimum absolute atomic E-state index is 0.100. The Bertz CT molecular complexity index is 231. The molecular weight excluding hydrogens is 131 g/mol. The number of hydrogen-bond acceptors (Lipinski definition) is 2. The zero-order valence-corrected chi connectivity index (χ0v) is 5.69. The van der Waals surface area contributed by atoms with Crippen LogP contribution in [0, 0.1) is 12.7 Å². The lowest BCUT2D eigenvalue weighted by Crippen LogP contribution is -1.98. The Labute approximate surface area is 58.6 Å². The molecule has 0 saturated carbocycles. The van der Waals surface area contributed by atoms with Crippen molar-refractivity contribution >= 4 is 11.4 Å². The van der Waals surface area contributed by atoms with Gasteiger partial charge in [0.25, 0.3) is 0 Å². The van der Waals surface area contributed by atoms with Gasteiger partial charge >= 0.3 is 0 Å². The Hall–Kier alpha value is -1.25.